The van der Waals surface area contributed by atoms with Crippen molar-refractivity contribution in [2.75, 3.05) is 0 Å². The van der Waals surface area contributed by atoms with Crippen LogP contribution in [-0.4, -0.2) is 36.1 Å². The van der Waals surface area contributed by atoms with Crippen molar-refractivity contribution in [2.45, 2.75) is 26.2 Å². The first kappa shape index (κ1) is 66.8. The molecule has 17 aromatic rings. The summed E-state index contributed by atoms with van der Waals surface area (Å²) in [5.41, 5.74) is 32.2. The zero-order chi connectivity index (χ0) is 72.7. The largest absolute Gasteiger partial charge is 0.228 e. The van der Waals surface area contributed by atoms with E-state index < -0.39 is 16.1 Å². The van der Waals surface area contributed by atoms with E-state index in [0.29, 0.717) is 11.6 Å². The second kappa shape index (κ2) is 28.4. The van der Waals surface area contributed by atoms with Gasteiger partial charge in [-0.05, 0) is 145 Å². The predicted octanol–water partition coefficient (Wildman–Crippen LogP) is 24.2. The number of nitrogens with zero attached hydrogens (tertiary/aromatic N) is 4. The van der Waals surface area contributed by atoms with Crippen LogP contribution in [0.3, 0.4) is 0 Å². The fourth-order valence-electron chi connectivity index (χ4n) is 15.9. The van der Waals surface area contributed by atoms with Gasteiger partial charge in [0.05, 0.1) is 22.8 Å². The van der Waals surface area contributed by atoms with E-state index in [1.54, 1.807) is 10.4 Å². The lowest BCUT2D eigenvalue weighted by Gasteiger charge is -2.18. The minimum atomic E-state index is -1.67. The van der Waals surface area contributed by atoms with E-state index in [1.165, 1.54) is 99.4 Å². The molecule has 0 N–H and O–H groups in total. The summed E-state index contributed by atoms with van der Waals surface area (Å²) in [7, 11) is -3.32. The van der Waals surface area contributed by atoms with E-state index in [1.807, 2.05) is 24.3 Å². The monoisotopic (exact) mass is 1410 g/mol. The molecule has 6 heteroatoms. The van der Waals surface area contributed by atoms with E-state index in [9.17, 15) is 0 Å². The summed E-state index contributed by atoms with van der Waals surface area (Å²) in [6, 6.07) is 139. The third-order valence-corrected chi connectivity index (χ3v) is 29.1. The maximum atomic E-state index is 5.15. The van der Waals surface area contributed by atoms with Crippen LogP contribution < -0.4 is 20.7 Å². The van der Waals surface area contributed by atoms with Gasteiger partial charge in [0, 0.05) is 33.4 Å². The maximum Gasteiger partial charge on any atom is 0.160 e. The van der Waals surface area contributed by atoms with E-state index in [2.05, 4.69) is 390 Å². The molecule has 108 heavy (non-hydrogen) atoms. The van der Waals surface area contributed by atoms with Crippen LogP contribution in [0.2, 0.25) is 26.2 Å². The molecule has 0 saturated heterocycles. The van der Waals surface area contributed by atoms with Gasteiger partial charge in [0.2, 0.25) is 0 Å². The Morgan fingerprint density at radius 2 is 0.333 bits per heavy atom. The lowest BCUT2D eigenvalue weighted by atomic mass is 9.97. The van der Waals surface area contributed by atoms with E-state index in [4.69, 9.17) is 19.9 Å². The average Bonchev–Trinajstić information content (AvgIpc) is 1.58. The Hall–Kier alpha value is -13.1. The lowest BCUT2D eigenvalue weighted by molar-refractivity contribution is 1.18. The molecule has 15 aromatic carbocycles. The van der Waals surface area contributed by atoms with Crippen molar-refractivity contribution in [2.24, 2.45) is 0 Å². The molecule has 0 bridgehead atoms. The van der Waals surface area contributed by atoms with Gasteiger partial charge in [-0.3, -0.25) is 0 Å². The van der Waals surface area contributed by atoms with Gasteiger partial charge < -0.3 is 0 Å². The van der Waals surface area contributed by atoms with Crippen LogP contribution in [0.25, 0.3) is 168 Å². The SMILES string of the molecule is C[Si]1(C)c2ccccc2-c2cc(-c3ccc(-c4ccc(-c5nc(-c6ccc(-c7ccccc7)cc6)cc(-c6ccc(-c7ccccc7)cc6)n5)cc4)cc3)ccc21.C[Si]1(C)c2ccccc2-c2cc(-c3ccc(-c4ccc(-c5nc(-c6ccccc6)cc(-c6ccc(-c7ccccc7)cc6)n5)cc4)cc3)ccc21. The maximum absolute atomic E-state index is 5.15. The fourth-order valence-corrected chi connectivity index (χ4v) is 22.0. The molecule has 0 fully saturated rings. The van der Waals surface area contributed by atoms with E-state index in [0.717, 1.165) is 67.3 Å². The molecular weight excluding hydrogens is 1340 g/mol. The highest BCUT2D eigenvalue weighted by atomic mass is 28.3. The summed E-state index contributed by atoms with van der Waals surface area (Å²) >= 11 is 0. The van der Waals surface area contributed by atoms with Crippen LogP contribution in [0.15, 0.2) is 388 Å². The third-order valence-electron chi connectivity index (χ3n) is 21.9. The molecule has 0 amide bonds. The number of hydrogen-bond acceptors (Lipinski definition) is 4. The number of benzene rings is 15. The molecule has 0 saturated carbocycles. The van der Waals surface area contributed by atoms with Gasteiger partial charge >= 0.3 is 0 Å². The number of aromatic nitrogens is 4. The van der Waals surface area contributed by atoms with Crippen LogP contribution >= 0.6 is 0 Å². The smallest absolute Gasteiger partial charge is 0.160 e. The molecule has 0 atom stereocenters. The molecule has 4 nitrogen and oxygen atoms in total. The Bertz CT molecular complexity index is 6030. The van der Waals surface area contributed by atoms with Crippen LogP contribution in [0.4, 0.5) is 0 Å². The van der Waals surface area contributed by atoms with Crippen molar-refractivity contribution in [1.29, 1.82) is 0 Å². The normalized spacial score (nSPS) is 12.6. The Morgan fingerprint density at radius 1 is 0.148 bits per heavy atom. The molecule has 2 aromatic heterocycles. The van der Waals surface area contributed by atoms with Crippen molar-refractivity contribution in [3.05, 3.63) is 388 Å². The zero-order valence-electron chi connectivity index (χ0n) is 60.7. The molecule has 512 valence electrons. The minimum absolute atomic E-state index is 0.702. The van der Waals surface area contributed by atoms with Gasteiger partial charge in [0.25, 0.3) is 0 Å². The van der Waals surface area contributed by atoms with Crippen molar-refractivity contribution < 1.29 is 0 Å². The summed E-state index contributed by atoms with van der Waals surface area (Å²) in [4.78, 5) is 20.4. The van der Waals surface area contributed by atoms with E-state index in [-0.39, 0.29) is 0 Å². The molecule has 0 spiro atoms. The standard InChI is InChI=1S/C54H40N2Si.C48H36N2Si/c1-57(2)52-16-10-9-15-48(52)49-35-47(33-34-53(49)57)43-19-17-41(18-20-43)42-25-31-46(32-26-42)54-55-50(44-27-21-39(22-28-44)37-11-5-3-6-12-37)36-51(56-54)45-29-23-40(24-30-45)38-13-7-4-8-14-38;1-51(2)46-16-10-9-15-42(46)43-31-41(29-30-47(43)51)37-19-17-35(18-20-37)36-23-27-40(28-24-36)48-49-44(38-13-7-4-8-14-38)32-45(50-48)39-25-21-34(22-26-39)33-11-5-3-6-12-33/h3-36H,1-2H3;3-32H,1-2H3. The Morgan fingerprint density at radius 3 is 0.611 bits per heavy atom. The van der Waals surface area contributed by atoms with Crippen LogP contribution in [0.1, 0.15) is 0 Å². The molecular formula is C102H76N4Si2. The van der Waals surface area contributed by atoms with Gasteiger partial charge in [-0.1, -0.05) is 390 Å². The first-order valence-electron chi connectivity index (χ1n) is 37.2. The molecule has 0 radical (unpaired) electrons. The number of hydrogen-bond donors (Lipinski definition) is 0. The highest BCUT2D eigenvalue weighted by Crippen LogP contribution is 2.39. The Balaban J connectivity index is 0.000000153. The van der Waals surface area contributed by atoms with Gasteiger partial charge in [-0.2, -0.15) is 0 Å². The molecule has 2 aliphatic heterocycles. The lowest BCUT2D eigenvalue weighted by Crippen LogP contribution is -2.49. The Kier molecular flexibility index (Phi) is 17.6. The molecule has 2 aliphatic rings. The van der Waals surface area contributed by atoms with Crippen molar-refractivity contribution in [3.63, 3.8) is 0 Å². The summed E-state index contributed by atoms with van der Waals surface area (Å²) < 4.78 is 0. The van der Waals surface area contributed by atoms with E-state index >= 15 is 0 Å². The minimum Gasteiger partial charge on any atom is -0.228 e. The van der Waals surface area contributed by atoms with Crippen molar-refractivity contribution in [3.8, 4) is 168 Å². The van der Waals surface area contributed by atoms with Gasteiger partial charge in [0.15, 0.2) is 11.6 Å². The number of rotatable bonds is 13. The third kappa shape index (κ3) is 13.1. The quantitative estimate of drug-likeness (QED) is 0.108. The summed E-state index contributed by atoms with van der Waals surface area (Å²) in [6.07, 6.45) is 0. The molecule has 4 heterocycles. The molecule has 0 aliphatic carbocycles. The fraction of sp³-hybridized carbons (Fsp3) is 0.0392. The van der Waals surface area contributed by atoms with Crippen molar-refractivity contribution in [1.82, 2.24) is 19.9 Å². The average molecular weight is 1410 g/mol. The second-order valence-electron chi connectivity index (χ2n) is 29.3. The first-order valence-corrected chi connectivity index (χ1v) is 43.2. The molecule has 19 rings (SSSR count). The topological polar surface area (TPSA) is 51.6 Å². The van der Waals surface area contributed by atoms with Crippen LogP contribution in [0, 0.1) is 0 Å². The van der Waals surface area contributed by atoms with Crippen LogP contribution in [-0.2, 0) is 0 Å². The Labute approximate surface area is 634 Å². The summed E-state index contributed by atoms with van der Waals surface area (Å²) in [5.74, 6) is 1.41. The highest BCUT2D eigenvalue weighted by Gasteiger charge is 2.38. The zero-order valence-corrected chi connectivity index (χ0v) is 62.7. The van der Waals surface area contributed by atoms with Gasteiger partial charge in [-0.25, -0.2) is 19.9 Å². The predicted molar refractivity (Wildman–Crippen MR) is 459 cm³/mol. The van der Waals surface area contributed by atoms with Gasteiger partial charge in [0.1, 0.15) is 16.1 Å². The summed E-state index contributed by atoms with van der Waals surface area (Å²) in [5, 5.41) is 6.16. The molecule has 0 unspecified atom stereocenters. The van der Waals surface area contributed by atoms with Crippen molar-refractivity contribution >= 4 is 36.9 Å². The number of fused-ring (bicyclic) bond motifs is 6. The highest BCUT2D eigenvalue weighted by molar-refractivity contribution is 7.04. The second-order valence-corrected chi connectivity index (χ2v) is 37.9. The summed E-state index contributed by atoms with van der Waals surface area (Å²) in [6.45, 7) is 9.86. The first-order chi connectivity index (χ1) is 53.0. The van der Waals surface area contributed by atoms with Crippen LogP contribution in [0.5, 0.6) is 0 Å². The van der Waals surface area contributed by atoms with Gasteiger partial charge in [-0.15, -0.1) is 0 Å².